The molecule has 3 aliphatic rings. The van der Waals surface area contributed by atoms with Crippen molar-refractivity contribution in [1.29, 1.82) is 5.26 Å². The van der Waals surface area contributed by atoms with E-state index < -0.39 is 0 Å². The van der Waals surface area contributed by atoms with Crippen molar-refractivity contribution in [2.75, 3.05) is 164 Å². The number of likely N-dealkylation sites (N-methyl/N-ethyl adjacent to an activating group) is 1. The van der Waals surface area contributed by atoms with E-state index in [2.05, 4.69) is 237 Å². The number of aryl methyl sites for hydroxylation is 3. The molecule has 28 heteroatoms. The number of nitrogens with one attached hydrogen (secondary N) is 1. The van der Waals surface area contributed by atoms with Gasteiger partial charge in [0.2, 0.25) is 0 Å². The molecule has 109 heavy (non-hydrogen) atoms. The van der Waals surface area contributed by atoms with Gasteiger partial charge in [-0.05, 0) is 81.2 Å². The molecule has 4 N–H and O–H groups in total. The highest BCUT2D eigenvalue weighted by molar-refractivity contribution is 5.43. The monoisotopic (exact) mass is 1500 g/mol. The average Bonchev–Trinajstić information content (AvgIpc) is 0.824. The standard InChI is InChI=1S/C14H24N4O.C13H22N4O.C12H20N4.C9H15N3O.C9H15N3.C8H9N3.2C8H12N2/c1-11(2)13-10-14(16-12(3)15-13)18-6-4-17(5-7-18)8-9-19;1-11(2)12-9-13(15-10-14-12)17-5-3-16(4-6-17)7-8-18;1-10(2)11-8-12(14-9-13-11)16-6-4-15(3)5-7-16;1-7(2)8-5-9(10-3-4-13)12-6-11-8;1-7(2)8-5-9(12(3)4)11-6-10-8;1-6(2)8-5-10-7(3-9)4-11-8;1-6(2)8-5-9-7(3)4-10-8;1-6(2)8-4-5-9-7(3)10-8/h10-11,19H,4-9H2,1-3H3;9-11,18H,3-8H2,1-2H3;8-10H,4-7H2,1-3H3;5-7,13H,3-4H2,1-2H3,(H,10,11,12);5-7H,1-4H3;4-6H,1-2H3;2*4-6H,1-3H3. The quantitative estimate of drug-likeness (QED) is 0.0584. The zero-order valence-corrected chi connectivity index (χ0v) is 69.6. The normalized spacial score (nSPS) is 13.8. The third kappa shape index (κ3) is 35.0. The Morgan fingerprint density at radius 3 is 1.22 bits per heavy atom. The number of hydrogen-bond donors (Lipinski definition) is 4. The summed E-state index contributed by atoms with van der Waals surface area (Å²) in [5.74, 6) is 10.1. The molecule has 8 aromatic rings. The van der Waals surface area contributed by atoms with E-state index in [-0.39, 0.29) is 19.8 Å². The summed E-state index contributed by atoms with van der Waals surface area (Å²) in [7, 11) is 6.12. The van der Waals surface area contributed by atoms with Crippen LogP contribution in [-0.2, 0) is 0 Å². The van der Waals surface area contributed by atoms with Gasteiger partial charge < -0.3 is 45.1 Å². The largest absolute Gasteiger partial charge is 0.395 e. The van der Waals surface area contributed by atoms with Crippen LogP contribution in [0.4, 0.5) is 29.1 Å². The number of nitriles is 1. The lowest BCUT2D eigenvalue weighted by Gasteiger charge is -2.35. The fourth-order valence-electron chi connectivity index (χ4n) is 10.5. The van der Waals surface area contributed by atoms with Crippen molar-refractivity contribution >= 4 is 29.1 Å². The first-order valence-electron chi connectivity index (χ1n) is 38.5. The lowest BCUT2D eigenvalue weighted by atomic mass is 10.1. The Kier molecular flexibility index (Phi) is 42.2. The highest BCUT2D eigenvalue weighted by Crippen LogP contribution is 2.23. The Hall–Kier alpha value is -9.11. The first-order valence-corrected chi connectivity index (χ1v) is 38.5. The summed E-state index contributed by atoms with van der Waals surface area (Å²) in [6, 6.07) is 14.1. The van der Waals surface area contributed by atoms with Gasteiger partial charge in [0.25, 0.3) is 0 Å². The predicted molar refractivity (Wildman–Crippen MR) is 439 cm³/mol. The number of rotatable bonds is 19. The van der Waals surface area contributed by atoms with Gasteiger partial charge >= 0.3 is 0 Å². The van der Waals surface area contributed by atoms with Crippen LogP contribution in [0, 0.1) is 32.1 Å². The molecule has 0 atom stereocenters. The second-order valence-corrected chi connectivity index (χ2v) is 29.7. The number of aliphatic hydroxyl groups is 3. The van der Waals surface area contributed by atoms with E-state index in [4.69, 9.17) is 20.6 Å². The maximum atomic E-state index is 8.96. The molecular weight excluding hydrogens is 1370 g/mol. The number of β-amino-alcohol motifs (C(OH)–C–C–N with tert-alkyl or cyclic N) is 2. The second-order valence-electron chi connectivity index (χ2n) is 29.7. The number of aromatic nitrogens is 16. The highest BCUT2D eigenvalue weighted by atomic mass is 16.3. The highest BCUT2D eigenvalue weighted by Gasteiger charge is 2.21. The lowest BCUT2D eigenvalue weighted by molar-refractivity contribution is 0.188. The smallest absolute Gasteiger partial charge is 0.158 e. The minimum Gasteiger partial charge on any atom is -0.395 e. The van der Waals surface area contributed by atoms with Gasteiger partial charge in [-0.25, -0.2) is 64.8 Å². The molecule has 0 bridgehead atoms. The van der Waals surface area contributed by atoms with E-state index in [9.17, 15) is 0 Å². The van der Waals surface area contributed by atoms with E-state index in [0.717, 1.165) is 184 Å². The van der Waals surface area contributed by atoms with Gasteiger partial charge in [0.05, 0.1) is 49.3 Å². The van der Waals surface area contributed by atoms with Gasteiger partial charge in [-0.2, -0.15) is 5.26 Å². The fraction of sp³-hybridized carbons (Fsp3) is 0.593. The van der Waals surface area contributed by atoms with Crippen molar-refractivity contribution < 1.29 is 15.3 Å². The molecule has 11 rings (SSSR count). The predicted octanol–water partition coefficient (Wildman–Crippen LogP) is 11.0. The molecular formula is C81H129N25O3. The van der Waals surface area contributed by atoms with Crippen LogP contribution in [0.25, 0.3) is 0 Å². The third-order valence-electron chi connectivity index (χ3n) is 17.6. The number of nitrogens with zero attached hydrogens (tertiary/aromatic N) is 24. The van der Waals surface area contributed by atoms with Crippen LogP contribution >= 0.6 is 0 Å². The molecule has 0 aliphatic carbocycles. The maximum Gasteiger partial charge on any atom is 0.158 e. The van der Waals surface area contributed by atoms with Crippen LogP contribution in [0.15, 0.2) is 92.7 Å². The number of hydrogen-bond acceptors (Lipinski definition) is 28. The number of piperazine rings is 3. The van der Waals surface area contributed by atoms with Crippen LogP contribution in [0.5, 0.6) is 0 Å². The molecule has 0 unspecified atom stereocenters. The van der Waals surface area contributed by atoms with E-state index in [1.54, 1.807) is 37.6 Å². The molecule has 28 nitrogen and oxygen atoms in total. The Labute approximate surface area is 651 Å². The summed E-state index contributed by atoms with van der Waals surface area (Å²) in [6.45, 7) is 54.5. The van der Waals surface area contributed by atoms with Gasteiger partial charge in [-0.3, -0.25) is 24.8 Å². The molecule has 3 aliphatic heterocycles. The zero-order chi connectivity index (χ0) is 80.5. The molecule has 0 radical (unpaired) electrons. The summed E-state index contributed by atoms with van der Waals surface area (Å²) in [4.78, 5) is 83.3. The molecule has 11 heterocycles. The minimum atomic E-state index is 0.112. The van der Waals surface area contributed by atoms with Crippen LogP contribution in [0.3, 0.4) is 0 Å². The van der Waals surface area contributed by atoms with Crippen LogP contribution in [0.2, 0.25) is 0 Å². The Balaban J connectivity index is 0.000000266. The summed E-state index contributed by atoms with van der Waals surface area (Å²) >= 11 is 0. The Bertz CT molecular complexity index is 3790. The van der Waals surface area contributed by atoms with Crippen molar-refractivity contribution in [3.8, 4) is 6.07 Å². The van der Waals surface area contributed by atoms with Crippen molar-refractivity contribution in [2.45, 2.75) is 179 Å². The van der Waals surface area contributed by atoms with Gasteiger partial charge in [-0.15, -0.1) is 0 Å². The first kappa shape index (κ1) is 92.3. The lowest BCUT2D eigenvalue weighted by Crippen LogP contribution is -2.47. The summed E-state index contributed by atoms with van der Waals surface area (Å²) in [5.41, 5.74) is 9.88. The number of anilines is 5. The second kappa shape index (κ2) is 49.8. The van der Waals surface area contributed by atoms with Crippen LogP contribution in [-0.4, -0.2) is 249 Å². The topological polar surface area (TPSA) is 325 Å². The summed E-state index contributed by atoms with van der Waals surface area (Å²) < 4.78 is 0. The van der Waals surface area contributed by atoms with E-state index in [1.165, 1.54) is 12.5 Å². The molecule has 0 saturated carbocycles. The van der Waals surface area contributed by atoms with E-state index >= 15 is 0 Å². The van der Waals surface area contributed by atoms with Crippen LogP contribution in [0.1, 0.15) is 227 Å². The Morgan fingerprint density at radius 1 is 0.404 bits per heavy atom. The van der Waals surface area contributed by atoms with Crippen molar-refractivity contribution in [2.24, 2.45) is 0 Å². The number of aliphatic hydroxyl groups excluding tert-OH is 3. The molecule has 3 fully saturated rings. The van der Waals surface area contributed by atoms with Gasteiger partial charge in [-0.1, -0.05) is 111 Å². The van der Waals surface area contributed by atoms with Gasteiger partial charge in [0, 0.05) is 195 Å². The molecule has 0 spiro atoms. The summed E-state index contributed by atoms with van der Waals surface area (Å²) in [5, 5.41) is 37.9. The Morgan fingerprint density at radius 2 is 0.817 bits per heavy atom. The molecule has 3 saturated heterocycles. The van der Waals surface area contributed by atoms with Crippen molar-refractivity contribution in [1.82, 2.24) is 94.4 Å². The van der Waals surface area contributed by atoms with E-state index in [0.29, 0.717) is 59.6 Å². The molecule has 0 amide bonds. The summed E-state index contributed by atoms with van der Waals surface area (Å²) in [6.07, 6.45) is 15.1. The molecule has 596 valence electrons. The van der Waals surface area contributed by atoms with Gasteiger partial charge in [0.1, 0.15) is 72.1 Å². The van der Waals surface area contributed by atoms with Gasteiger partial charge in [0.15, 0.2) is 5.69 Å². The molecule has 0 aromatic carbocycles. The average molecular weight is 1500 g/mol. The van der Waals surface area contributed by atoms with E-state index in [1.807, 2.05) is 84.1 Å². The SMILES string of the molecule is CC(C)c1cc(N(C)C)ncn1.CC(C)c1cc(N2CCN(C)CC2)ncn1.CC(C)c1cc(N2CCN(CCO)CC2)ncn1.CC(C)c1cc(NCCO)ncn1.CC(C)c1cnc(C#N)cn1.Cc1cnc(C(C)C)cn1.Cc1nc(C(C)C)cc(N2CCN(CCO)CC2)n1.Cc1nccc(C(C)C)n1. The zero-order valence-electron chi connectivity index (χ0n) is 69.6. The first-order chi connectivity index (χ1) is 51.9. The maximum absolute atomic E-state index is 8.96. The van der Waals surface area contributed by atoms with Crippen LogP contribution < -0.4 is 24.9 Å². The third-order valence-corrected chi connectivity index (χ3v) is 17.6. The van der Waals surface area contributed by atoms with Crippen molar-refractivity contribution in [3.05, 3.63) is 161 Å². The fourth-order valence-corrected chi connectivity index (χ4v) is 10.5. The molecule has 8 aromatic heterocycles. The minimum absolute atomic E-state index is 0.112. The van der Waals surface area contributed by atoms with Crippen molar-refractivity contribution in [3.63, 3.8) is 0 Å².